The van der Waals surface area contributed by atoms with Crippen molar-refractivity contribution in [3.8, 4) is 10.6 Å². The Balaban J connectivity index is 1.59. The Morgan fingerprint density at radius 3 is 2.79 bits per heavy atom. The van der Waals surface area contributed by atoms with E-state index in [0.29, 0.717) is 28.8 Å². The van der Waals surface area contributed by atoms with Crippen LogP contribution in [0.15, 0.2) is 57.2 Å². The Morgan fingerprint density at radius 2 is 2.04 bits per heavy atom. The van der Waals surface area contributed by atoms with Crippen molar-refractivity contribution < 1.29 is 14.1 Å². The number of nitrogens with zero attached hydrogens (tertiary/aromatic N) is 3. The first-order valence-electron chi connectivity index (χ1n) is 8.84. The monoisotopic (exact) mass is 395 g/mol. The van der Waals surface area contributed by atoms with E-state index in [1.54, 1.807) is 30.3 Å². The zero-order valence-corrected chi connectivity index (χ0v) is 15.9. The van der Waals surface area contributed by atoms with Crippen LogP contribution in [0.1, 0.15) is 29.5 Å². The highest BCUT2D eigenvalue weighted by molar-refractivity contribution is 7.13. The Hall–Kier alpha value is -3.26. The molecule has 0 bridgehead atoms. The van der Waals surface area contributed by atoms with Gasteiger partial charge < -0.3 is 9.26 Å². The standard InChI is InChI=1S/C20H17N3O4S/c1-2-9-23-19(24)15-7-4-3-6-14(15)18(21-23)20(25)26-12-13-11-16(27-22-13)17-8-5-10-28-17/h3-8,10-11H,2,9,12H2,1H3. The Kier molecular flexibility index (Phi) is 5.03. The van der Waals surface area contributed by atoms with Crippen LogP contribution in [0.3, 0.4) is 0 Å². The molecular formula is C20H17N3O4S. The summed E-state index contributed by atoms with van der Waals surface area (Å²) in [5.74, 6) is 0.0165. The van der Waals surface area contributed by atoms with Crippen molar-refractivity contribution in [1.82, 2.24) is 14.9 Å². The molecule has 28 heavy (non-hydrogen) atoms. The maximum atomic E-state index is 12.7. The molecule has 0 spiro atoms. The molecule has 0 fully saturated rings. The number of aryl methyl sites for hydroxylation is 1. The van der Waals surface area contributed by atoms with Crippen molar-refractivity contribution in [3.05, 3.63) is 69.6 Å². The summed E-state index contributed by atoms with van der Waals surface area (Å²) in [6, 6.07) is 12.5. The molecule has 0 unspecified atom stereocenters. The molecule has 0 atom stereocenters. The second kappa shape index (κ2) is 7.77. The van der Waals surface area contributed by atoms with E-state index < -0.39 is 5.97 Å². The quantitative estimate of drug-likeness (QED) is 0.461. The van der Waals surface area contributed by atoms with E-state index >= 15 is 0 Å². The fourth-order valence-corrected chi connectivity index (χ4v) is 3.55. The zero-order chi connectivity index (χ0) is 19.5. The number of ether oxygens (including phenoxy) is 1. The van der Waals surface area contributed by atoms with Gasteiger partial charge >= 0.3 is 5.97 Å². The van der Waals surface area contributed by atoms with Crippen molar-refractivity contribution in [2.75, 3.05) is 0 Å². The highest BCUT2D eigenvalue weighted by Crippen LogP contribution is 2.25. The summed E-state index contributed by atoms with van der Waals surface area (Å²) in [4.78, 5) is 26.1. The third-order valence-corrected chi connectivity index (χ3v) is 5.06. The van der Waals surface area contributed by atoms with Crippen molar-refractivity contribution in [1.29, 1.82) is 0 Å². The van der Waals surface area contributed by atoms with Crippen LogP contribution in [-0.2, 0) is 17.9 Å². The van der Waals surface area contributed by atoms with Gasteiger partial charge in [0.15, 0.2) is 11.5 Å². The fraction of sp³-hybridized carbons (Fsp3) is 0.200. The highest BCUT2D eigenvalue weighted by atomic mass is 32.1. The summed E-state index contributed by atoms with van der Waals surface area (Å²) in [6.45, 7) is 2.32. The Labute approximate surface area is 164 Å². The molecule has 0 amide bonds. The van der Waals surface area contributed by atoms with E-state index in [9.17, 15) is 9.59 Å². The lowest BCUT2D eigenvalue weighted by Gasteiger charge is -2.09. The average molecular weight is 395 g/mol. The first-order chi connectivity index (χ1) is 13.7. The number of thiophene rings is 1. The molecule has 0 N–H and O–H groups in total. The first kappa shape index (κ1) is 18.1. The molecule has 0 radical (unpaired) electrons. The topological polar surface area (TPSA) is 87.2 Å². The summed E-state index contributed by atoms with van der Waals surface area (Å²) in [6.07, 6.45) is 0.726. The molecule has 0 aliphatic heterocycles. The van der Waals surface area contributed by atoms with Crippen LogP contribution in [0.4, 0.5) is 0 Å². The number of fused-ring (bicyclic) bond motifs is 1. The summed E-state index contributed by atoms with van der Waals surface area (Å²) in [5, 5.41) is 11.0. The Morgan fingerprint density at radius 1 is 1.21 bits per heavy atom. The number of esters is 1. The number of hydrogen-bond acceptors (Lipinski definition) is 7. The number of benzene rings is 1. The molecule has 0 aliphatic rings. The van der Waals surface area contributed by atoms with Crippen LogP contribution in [-0.4, -0.2) is 20.9 Å². The van der Waals surface area contributed by atoms with Gasteiger partial charge in [-0.1, -0.05) is 36.3 Å². The minimum atomic E-state index is -0.610. The Bertz CT molecular complexity index is 1180. The molecule has 0 aliphatic carbocycles. The van der Waals surface area contributed by atoms with Gasteiger partial charge in [0.1, 0.15) is 12.3 Å². The molecule has 0 saturated carbocycles. The lowest BCUT2D eigenvalue weighted by atomic mass is 10.1. The van der Waals surface area contributed by atoms with E-state index in [4.69, 9.17) is 9.26 Å². The number of hydrogen-bond donors (Lipinski definition) is 0. The minimum absolute atomic E-state index is 0.0450. The van der Waals surface area contributed by atoms with Gasteiger partial charge in [-0.3, -0.25) is 4.79 Å². The summed E-state index contributed by atoms with van der Waals surface area (Å²) in [5.41, 5.74) is 0.402. The SMILES string of the molecule is CCCn1nc(C(=O)OCc2cc(-c3cccs3)on2)c2ccccc2c1=O. The van der Waals surface area contributed by atoms with E-state index in [1.807, 2.05) is 24.4 Å². The lowest BCUT2D eigenvalue weighted by molar-refractivity contribution is 0.0457. The van der Waals surface area contributed by atoms with Crippen molar-refractivity contribution in [3.63, 3.8) is 0 Å². The minimum Gasteiger partial charge on any atom is -0.454 e. The number of aromatic nitrogens is 3. The average Bonchev–Trinajstić information content (AvgIpc) is 3.40. The predicted molar refractivity (Wildman–Crippen MR) is 105 cm³/mol. The van der Waals surface area contributed by atoms with Gasteiger partial charge in [0.25, 0.3) is 5.56 Å². The largest absolute Gasteiger partial charge is 0.454 e. The molecule has 8 heteroatoms. The van der Waals surface area contributed by atoms with E-state index in [2.05, 4.69) is 10.3 Å². The van der Waals surface area contributed by atoms with Gasteiger partial charge in [0, 0.05) is 18.0 Å². The molecule has 3 aromatic heterocycles. The molecule has 1 aromatic carbocycles. The molecule has 4 rings (SSSR count). The molecule has 0 saturated heterocycles. The third kappa shape index (κ3) is 3.46. The van der Waals surface area contributed by atoms with E-state index in [-0.39, 0.29) is 17.9 Å². The zero-order valence-electron chi connectivity index (χ0n) is 15.1. The van der Waals surface area contributed by atoms with Crippen LogP contribution in [0.25, 0.3) is 21.4 Å². The summed E-state index contributed by atoms with van der Waals surface area (Å²) >= 11 is 1.54. The van der Waals surface area contributed by atoms with E-state index in [0.717, 1.165) is 11.3 Å². The second-order valence-corrected chi connectivity index (χ2v) is 7.11. The molecule has 7 nitrogen and oxygen atoms in total. The lowest BCUT2D eigenvalue weighted by Crippen LogP contribution is -2.26. The van der Waals surface area contributed by atoms with Gasteiger partial charge in [-0.25, -0.2) is 9.48 Å². The molecule has 3 heterocycles. The number of rotatable bonds is 6. The van der Waals surface area contributed by atoms with Crippen molar-refractivity contribution in [2.24, 2.45) is 0 Å². The van der Waals surface area contributed by atoms with Crippen LogP contribution in [0.5, 0.6) is 0 Å². The van der Waals surface area contributed by atoms with Gasteiger partial charge in [0.2, 0.25) is 0 Å². The fourth-order valence-electron chi connectivity index (χ4n) is 2.87. The molecule has 4 aromatic rings. The van der Waals surface area contributed by atoms with Crippen LogP contribution in [0, 0.1) is 0 Å². The maximum absolute atomic E-state index is 12.7. The molecular weight excluding hydrogens is 378 g/mol. The predicted octanol–water partition coefficient (Wildman–Crippen LogP) is 3.88. The van der Waals surface area contributed by atoms with Crippen LogP contribution < -0.4 is 5.56 Å². The van der Waals surface area contributed by atoms with Gasteiger partial charge in [0.05, 0.1) is 10.3 Å². The second-order valence-electron chi connectivity index (χ2n) is 6.16. The third-order valence-electron chi connectivity index (χ3n) is 4.17. The highest BCUT2D eigenvalue weighted by Gasteiger charge is 2.18. The van der Waals surface area contributed by atoms with Crippen LogP contribution in [0.2, 0.25) is 0 Å². The smallest absolute Gasteiger partial charge is 0.359 e. The number of carbonyl (C=O) groups excluding carboxylic acids is 1. The van der Waals surface area contributed by atoms with Crippen LogP contribution >= 0.6 is 11.3 Å². The van der Waals surface area contributed by atoms with E-state index in [1.165, 1.54) is 16.0 Å². The normalized spacial score (nSPS) is 11.0. The maximum Gasteiger partial charge on any atom is 0.359 e. The van der Waals surface area contributed by atoms with Gasteiger partial charge in [-0.15, -0.1) is 11.3 Å². The van der Waals surface area contributed by atoms with Gasteiger partial charge in [-0.05, 0) is 23.9 Å². The first-order valence-corrected chi connectivity index (χ1v) is 9.71. The summed E-state index contributed by atoms with van der Waals surface area (Å²) < 4.78 is 12.0. The summed E-state index contributed by atoms with van der Waals surface area (Å²) in [7, 11) is 0. The van der Waals surface area contributed by atoms with Gasteiger partial charge in [-0.2, -0.15) is 5.10 Å². The molecule has 142 valence electrons. The number of carbonyl (C=O) groups is 1. The van der Waals surface area contributed by atoms with Crippen molar-refractivity contribution >= 4 is 28.1 Å². The van der Waals surface area contributed by atoms with Crippen molar-refractivity contribution in [2.45, 2.75) is 26.5 Å².